The maximum atomic E-state index is 12.3. The van der Waals surface area contributed by atoms with E-state index in [0.29, 0.717) is 5.76 Å². The molecule has 0 unspecified atom stereocenters. The fourth-order valence-corrected chi connectivity index (χ4v) is 2.64. The number of hydrogen-bond donors (Lipinski definition) is 1. The van der Waals surface area contributed by atoms with E-state index in [1.54, 1.807) is 12.5 Å². The van der Waals surface area contributed by atoms with Crippen molar-refractivity contribution in [3.63, 3.8) is 0 Å². The molecule has 1 aromatic carbocycles. The second-order valence-electron chi connectivity index (χ2n) is 5.83. The van der Waals surface area contributed by atoms with Gasteiger partial charge in [0.05, 0.1) is 24.5 Å². The molecule has 1 amide bonds. The molecule has 0 bridgehead atoms. The molecule has 1 N–H and O–H groups in total. The first-order valence-electron chi connectivity index (χ1n) is 7.84. The monoisotopic (exact) mass is 324 g/mol. The predicted molar refractivity (Wildman–Crippen MR) is 89.8 cm³/mol. The fourth-order valence-electron chi connectivity index (χ4n) is 2.64. The minimum Gasteiger partial charge on any atom is -0.361 e. The first kappa shape index (κ1) is 16.0. The van der Waals surface area contributed by atoms with Crippen LogP contribution in [0.1, 0.15) is 35.5 Å². The maximum absolute atomic E-state index is 12.3. The zero-order valence-corrected chi connectivity index (χ0v) is 14.0. The summed E-state index contributed by atoms with van der Waals surface area (Å²) in [6, 6.07) is 7.96. The van der Waals surface area contributed by atoms with Crippen LogP contribution in [0.4, 0.5) is 0 Å². The van der Waals surface area contributed by atoms with E-state index in [4.69, 9.17) is 4.52 Å². The highest BCUT2D eigenvalue weighted by molar-refractivity contribution is 5.79. The molecule has 0 saturated heterocycles. The molecule has 0 aliphatic rings. The van der Waals surface area contributed by atoms with Gasteiger partial charge in [0.25, 0.3) is 0 Å². The molecular weight excluding hydrogens is 304 g/mol. The van der Waals surface area contributed by atoms with Gasteiger partial charge < -0.3 is 14.4 Å². The number of carbonyl (C=O) groups excluding carboxylic acids is 1. The Bertz CT molecular complexity index is 800. The summed E-state index contributed by atoms with van der Waals surface area (Å²) in [6.45, 7) is 5.63. The van der Waals surface area contributed by atoms with Gasteiger partial charge >= 0.3 is 0 Å². The molecule has 0 fully saturated rings. The molecule has 0 radical (unpaired) electrons. The third-order valence-corrected chi connectivity index (χ3v) is 4.09. The molecule has 0 saturated carbocycles. The Morgan fingerprint density at radius 2 is 2.04 bits per heavy atom. The van der Waals surface area contributed by atoms with Gasteiger partial charge in [0.1, 0.15) is 5.76 Å². The SMILES string of the molecule is Cc1noc(C)c1CC(=O)N[C@@H](C)c1ccc(-n2ccnc2)cc1. The van der Waals surface area contributed by atoms with Crippen LogP contribution in [0.3, 0.4) is 0 Å². The lowest BCUT2D eigenvalue weighted by Crippen LogP contribution is -2.28. The van der Waals surface area contributed by atoms with E-state index in [9.17, 15) is 4.79 Å². The number of carbonyl (C=O) groups is 1. The van der Waals surface area contributed by atoms with Gasteiger partial charge in [0.15, 0.2) is 0 Å². The van der Waals surface area contributed by atoms with Crippen LogP contribution in [-0.2, 0) is 11.2 Å². The summed E-state index contributed by atoms with van der Waals surface area (Å²) >= 11 is 0. The summed E-state index contributed by atoms with van der Waals surface area (Å²) in [6.07, 6.45) is 5.66. The van der Waals surface area contributed by atoms with Crippen molar-refractivity contribution in [2.75, 3.05) is 0 Å². The lowest BCUT2D eigenvalue weighted by Gasteiger charge is -2.15. The van der Waals surface area contributed by atoms with E-state index in [1.165, 1.54) is 0 Å². The average Bonchev–Trinajstić information content (AvgIpc) is 3.21. The van der Waals surface area contributed by atoms with Gasteiger partial charge in [-0.05, 0) is 38.5 Å². The Balaban J connectivity index is 1.64. The van der Waals surface area contributed by atoms with Crippen molar-refractivity contribution in [1.29, 1.82) is 0 Å². The van der Waals surface area contributed by atoms with Crippen LogP contribution < -0.4 is 5.32 Å². The average molecular weight is 324 g/mol. The van der Waals surface area contributed by atoms with E-state index >= 15 is 0 Å². The molecule has 0 aliphatic carbocycles. The zero-order valence-electron chi connectivity index (χ0n) is 14.0. The minimum atomic E-state index is -0.0743. The van der Waals surface area contributed by atoms with Crippen molar-refractivity contribution in [3.8, 4) is 5.69 Å². The van der Waals surface area contributed by atoms with E-state index in [0.717, 1.165) is 22.5 Å². The number of aryl methyl sites for hydroxylation is 2. The topological polar surface area (TPSA) is 73.0 Å². The lowest BCUT2D eigenvalue weighted by molar-refractivity contribution is -0.121. The highest BCUT2D eigenvalue weighted by Crippen LogP contribution is 2.17. The highest BCUT2D eigenvalue weighted by Gasteiger charge is 2.15. The Morgan fingerprint density at radius 3 is 2.62 bits per heavy atom. The summed E-state index contributed by atoms with van der Waals surface area (Å²) in [5.74, 6) is 0.649. The van der Waals surface area contributed by atoms with Gasteiger partial charge in [-0.1, -0.05) is 17.3 Å². The summed E-state index contributed by atoms with van der Waals surface area (Å²) < 4.78 is 7.03. The van der Waals surface area contributed by atoms with Crippen LogP contribution in [0.15, 0.2) is 47.5 Å². The first-order chi connectivity index (χ1) is 11.5. The molecule has 6 heteroatoms. The maximum Gasteiger partial charge on any atom is 0.225 e. The molecule has 2 heterocycles. The van der Waals surface area contributed by atoms with Crippen molar-refractivity contribution in [2.45, 2.75) is 33.2 Å². The number of nitrogens with zero attached hydrogens (tertiary/aromatic N) is 3. The Labute approximate surface area is 140 Å². The van der Waals surface area contributed by atoms with Crippen molar-refractivity contribution < 1.29 is 9.32 Å². The van der Waals surface area contributed by atoms with Crippen LogP contribution in [0.2, 0.25) is 0 Å². The normalized spacial score (nSPS) is 12.1. The van der Waals surface area contributed by atoms with Crippen molar-refractivity contribution in [3.05, 3.63) is 65.6 Å². The molecule has 24 heavy (non-hydrogen) atoms. The number of nitrogens with one attached hydrogen (secondary N) is 1. The third kappa shape index (κ3) is 3.37. The molecule has 6 nitrogen and oxygen atoms in total. The number of hydrogen-bond acceptors (Lipinski definition) is 4. The number of benzene rings is 1. The molecule has 124 valence electrons. The summed E-state index contributed by atoms with van der Waals surface area (Å²) in [4.78, 5) is 16.3. The largest absolute Gasteiger partial charge is 0.361 e. The van der Waals surface area contributed by atoms with Gasteiger partial charge in [-0.15, -0.1) is 0 Å². The smallest absolute Gasteiger partial charge is 0.225 e. The molecule has 3 rings (SSSR count). The number of aromatic nitrogens is 3. The molecule has 0 spiro atoms. The van der Waals surface area contributed by atoms with Gasteiger partial charge in [-0.2, -0.15) is 0 Å². The summed E-state index contributed by atoms with van der Waals surface area (Å²) in [7, 11) is 0. The number of amides is 1. The molecule has 1 atom stereocenters. The quantitative estimate of drug-likeness (QED) is 0.783. The van der Waals surface area contributed by atoms with Crippen molar-refractivity contribution in [1.82, 2.24) is 20.0 Å². The predicted octanol–water partition coefficient (Wildman–Crippen LogP) is 2.90. The molecule has 3 aromatic rings. The second-order valence-corrected chi connectivity index (χ2v) is 5.83. The van der Waals surface area contributed by atoms with Gasteiger partial charge in [-0.25, -0.2) is 4.98 Å². The Hall–Kier alpha value is -2.89. The Morgan fingerprint density at radius 1 is 1.29 bits per heavy atom. The van der Waals surface area contributed by atoms with Crippen molar-refractivity contribution in [2.24, 2.45) is 0 Å². The number of rotatable bonds is 5. The van der Waals surface area contributed by atoms with Gasteiger partial charge in [0, 0.05) is 23.6 Å². The molecular formula is C18H20N4O2. The van der Waals surface area contributed by atoms with Crippen LogP contribution >= 0.6 is 0 Å². The van der Waals surface area contributed by atoms with Crippen LogP contribution in [0, 0.1) is 13.8 Å². The van der Waals surface area contributed by atoms with E-state index in [-0.39, 0.29) is 18.4 Å². The summed E-state index contributed by atoms with van der Waals surface area (Å²) in [5, 5.41) is 6.89. The fraction of sp³-hybridized carbons (Fsp3) is 0.278. The zero-order chi connectivity index (χ0) is 17.1. The standard InChI is InChI=1S/C18H20N4O2/c1-12(20-18(23)10-17-13(2)21-24-14(17)3)15-4-6-16(7-5-15)22-9-8-19-11-22/h4-9,11-12H,10H2,1-3H3,(H,20,23)/t12-/m0/s1. The Kier molecular flexibility index (Phi) is 4.46. The third-order valence-electron chi connectivity index (χ3n) is 4.09. The minimum absolute atomic E-state index is 0.0458. The first-order valence-corrected chi connectivity index (χ1v) is 7.84. The van der Waals surface area contributed by atoms with Crippen LogP contribution in [0.5, 0.6) is 0 Å². The highest BCUT2D eigenvalue weighted by atomic mass is 16.5. The van der Waals surface area contributed by atoms with Gasteiger partial charge in [0.2, 0.25) is 5.91 Å². The number of imidazole rings is 1. The molecule has 0 aliphatic heterocycles. The summed E-state index contributed by atoms with van der Waals surface area (Å²) in [5.41, 5.74) is 3.70. The van der Waals surface area contributed by atoms with Crippen LogP contribution in [0.25, 0.3) is 5.69 Å². The van der Waals surface area contributed by atoms with Crippen molar-refractivity contribution >= 4 is 5.91 Å². The van der Waals surface area contributed by atoms with E-state index < -0.39 is 0 Å². The van der Waals surface area contributed by atoms with E-state index in [1.807, 2.05) is 55.8 Å². The van der Waals surface area contributed by atoms with Gasteiger partial charge in [-0.3, -0.25) is 4.79 Å². The van der Waals surface area contributed by atoms with Crippen LogP contribution in [-0.4, -0.2) is 20.6 Å². The lowest BCUT2D eigenvalue weighted by atomic mass is 10.1. The molecule has 2 aromatic heterocycles. The second kappa shape index (κ2) is 6.70. The van der Waals surface area contributed by atoms with E-state index in [2.05, 4.69) is 15.5 Å².